The lowest BCUT2D eigenvalue weighted by atomic mass is 9.50. The van der Waals surface area contributed by atoms with Gasteiger partial charge in [-0.15, -0.1) is 0 Å². The highest BCUT2D eigenvalue weighted by atomic mass is 16.6. The second kappa shape index (κ2) is 7.19. The lowest BCUT2D eigenvalue weighted by molar-refractivity contribution is -0.198. The van der Waals surface area contributed by atoms with E-state index in [9.17, 15) is 19.5 Å². The number of aliphatic hydroxyl groups excluding tert-OH is 1. The first-order valence-corrected chi connectivity index (χ1v) is 8.77. The van der Waals surface area contributed by atoms with Gasteiger partial charge in [-0.25, -0.2) is 0 Å². The Bertz CT molecular complexity index is 716. The zero-order valence-electron chi connectivity index (χ0n) is 15.9. The number of ether oxygens (including phenoxy) is 2. The standard InChI is InChI=1S/C20H26O6/c1-6-8-9-10-14(22)16-13-11-15(25-7-2)19(4,17(16)23)18(24)20(13,5)26-12(3)21/h6,8-10,13,15,22H,7,11H2,1-5H3/b8-6+,10-9+,16-14-/t13?,15?,19?,20-/m0/s1. The van der Waals surface area contributed by atoms with Gasteiger partial charge in [-0.2, -0.15) is 0 Å². The molecule has 3 unspecified atom stereocenters. The van der Waals surface area contributed by atoms with Crippen LogP contribution in [0.2, 0.25) is 0 Å². The molecule has 0 aromatic rings. The van der Waals surface area contributed by atoms with Crippen molar-refractivity contribution in [3.63, 3.8) is 0 Å². The van der Waals surface area contributed by atoms with Crippen LogP contribution in [0.3, 0.4) is 0 Å². The van der Waals surface area contributed by atoms with Gasteiger partial charge in [0.05, 0.1) is 6.10 Å². The van der Waals surface area contributed by atoms with E-state index in [0.717, 1.165) is 0 Å². The molecule has 0 amide bonds. The molecule has 4 atom stereocenters. The lowest BCUT2D eigenvalue weighted by Gasteiger charge is -2.55. The number of carbonyl (C=O) groups is 3. The van der Waals surface area contributed by atoms with Gasteiger partial charge in [0, 0.05) is 25.0 Å². The summed E-state index contributed by atoms with van der Waals surface area (Å²) in [6.07, 6.45) is 6.20. The van der Waals surface area contributed by atoms with Crippen LogP contribution in [0.25, 0.3) is 0 Å². The van der Waals surface area contributed by atoms with Crippen LogP contribution in [0, 0.1) is 11.3 Å². The topological polar surface area (TPSA) is 89.9 Å². The van der Waals surface area contributed by atoms with Gasteiger partial charge in [0.1, 0.15) is 11.2 Å². The number of rotatable bonds is 5. The van der Waals surface area contributed by atoms with E-state index >= 15 is 0 Å². The van der Waals surface area contributed by atoms with Crippen molar-refractivity contribution in [3.8, 4) is 0 Å². The predicted octanol–water partition coefficient (Wildman–Crippen LogP) is 2.84. The maximum atomic E-state index is 13.2. The maximum absolute atomic E-state index is 13.2. The summed E-state index contributed by atoms with van der Waals surface area (Å²) in [5.74, 6) is -2.54. The van der Waals surface area contributed by atoms with Crippen molar-refractivity contribution >= 4 is 17.5 Å². The van der Waals surface area contributed by atoms with Crippen LogP contribution in [0.15, 0.2) is 35.6 Å². The molecule has 0 spiro atoms. The molecule has 3 fully saturated rings. The Morgan fingerprint density at radius 2 is 1.96 bits per heavy atom. The molecule has 26 heavy (non-hydrogen) atoms. The quantitative estimate of drug-likeness (QED) is 0.266. The highest BCUT2D eigenvalue weighted by Crippen LogP contribution is 2.55. The molecular weight excluding hydrogens is 336 g/mol. The number of allylic oxidation sites excluding steroid dienone is 4. The molecule has 0 saturated heterocycles. The molecule has 142 valence electrons. The van der Waals surface area contributed by atoms with Gasteiger partial charge >= 0.3 is 5.97 Å². The fraction of sp³-hybridized carbons (Fsp3) is 0.550. The van der Waals surface area contributed by atoms with Crippen molar-refractivity contribution in [1.82, 2.24) is 0 Å². The van der Waals surface area contributed by atoms with E-state index < -0.39 is 40.6 Å². The minimum absolute atomic E-state index is 0.118. The van der Waals surface area contributed by atoms with Crippen LogP contribution in [0.5, 0.6) is 0 Å². The molecule has 0 aromatic heterocycles. The van der Waals surface area contributed by atoms with Gasteiger partial charge < -0.3 is 14.6 Å². The molecule has 0 radical (unpaired) electrons. The van der Waals surface area contributed by atoms with Crippen molar-refractivity contribution in [2.75, 3.05) is 6.61 Å². The summed E-state index contributed by atoms with van der Waals surface area (Å²) in [5.41, 5.74) is -2.90. The smallest absolute Gasteiger partial charge is 0.303 e. The highest BCUT2D eigenvalue weighted by Gasteiger charge is 2.70. The minimum atomic E-state index is -1.51. The molecular formula is C20H26O6. The number of fused-ring (bicyclic) bond motifs is 3. The molecule has 3 rings (SSSR count). The Balaban J connectivity index is 2.64. The second-order valence-electron chi connectivity index (χ2n) is 6.98. The van der Waals surface area contributed by atoms with Crippen LogP contribution in [-0.4, -0.2) is 41.0 Å². The van der Waals surface area contributed by atoms with Crippen LogP contribution in [0.1, 0.15) is 41.0 Å². The number of ketones is 2. The van der Waals surface area contributed by atoms with E-state index in [0.29, 0.717) is 13.0 Å². The van der Waals surface area contributed by atoms with Gasteiger partial charge in [0.2, 0.25) is 0 Å². The Labute approximate surface area is 153 Å². The number of hydrogen-bond acceptors (Lipinski definition) is 6. The van der Waals surface area contributed by atoms with E-state index in [-0.39, 0.29) is 11.3 Å². The average molecular weight is 362 g/mol. The van der Waals surface area contributed by atoms with Gasteiger partial charge in [-0.05, 0) is 40.2 Å². The average Bonchev–Trinajstić information content (AvgIpc) is 2.56. The molecule has 6 nitrogen and oxygen atoms in total. The van der Waals surface area contributed by atoms with Crippen molar-refractivity contribution in [3.05, 3.63) is 35.6 Å². The fourth-order valence-corrected chi connectivity index (χ4v) is 4.07. The van der Waals surface area contributed by atoms with Gasteiger partial charge in [0.15, 0.2) is 17.2 Å². The molecule has 3 saturated carbocycles. The van der Waals surface area contributed by atoms with Crippen molar-refractivity contribution in [2.45, 2.75) is 52.7 Å². The van der Waals surface area contributed by atoms with Crippen LogP contribution in [-0.2, 0) is 23.9 Å². The van der Waals surface area contributed by atoms with Crippen LogP contribution in [0.4, 0.5) is 0 Å². The second-order valence-corrected chi connectivity index (χ2v) is 6.98. The minimum Gasteiger partial charge on any atom is -0.508 e. The third kappa shape index (κ3) is 2.92. The Morgan fingerprint density at radius 3 is 2.50 bits per heavy atom. The summed E-state index contributed by atoms with van der Waals surface area (Å²) in [5, 5.41) is 10.5. The Hall–Kier alpha value is -2.21. The van der Waals surface area contributed by atoms with Gasteiger partial charge in [0.25, 0.3) is 0 Å². The molecule has 2 bridgehead atoms. The number of carbonyl (C=O) groups excluding carboxylic acids is 3. The van der Waals surface area contributed by atoms with E-state index in [2.05, 4.69) is 0 Å². The van der Waals surface area contributed by atoms with E-state index in [1.807, 2.05) is 6.92 Å². The lowest BCUT2D eigenvalue weighted by Crippen LogP contribution is -2.70. The molecule has 1 N–H and O–H groups in total. The first kappa shape index (κ1) is 20.1. The molecule has 0 aromatic carbocycles. The summed E-state index contributed by atoms with van der Waals surface area (Å²) >= 11 is 0. The SMILES string of the molecule is C/C=C/C=C/C(O)=C1/C(=O)C2(C)C(=O)[C@@](C)(OC(C)=O)C1CC2OCC. The first-order valence-electron chi connectivity index (χ1n) is 8.77. The number of aliphatic hydroxyl groups is 1. The van der Waals surface area contributed by atoms with Crippen LogP contribution >= 0.6 is 0 Å². The fourth-order valence-electron chi connectivity index (χ4n) is 4.07. The largest absolute Gasteiger partial charge is 0.508 e. The number of hydrogen-bond donors (Lipinski definition) is 1. The zero-order chi connectivity index (χ0) is 19.7. The Kier molecular flexibility index (Phi) is 5.56. The monoisotopic (exact) mass is 362 g/mol. The van der Waals surface area contributed by atoms with E-state index in [1.165, 1.54) is 26.8 Å². The van der Waals surface area contributed by atoms with E-state index in [4.69, 9.17) is 9.47 Å². The number of Topliss-reactive ketones (excluding diaryl/α,β-unsaturated/α-hetero) is 2. The third-order valence-electron chi connectivity index (χ3n) is 5.30. The van der Waals surface area contributed by atoms with Gasteiger partial charge in [-0.3, -0.25) is 14.4 Å². The molecule has 3 aliphatic rings. The zero-order valence-corrected chi connectivity index (χ0v) is 15.9. The predicted molar refractivity (Wildman–Crippen MR) is 95.4 cm³/mol. The summed E-state index contributed by atoms with van der Waals surface area (Å²) in [4.78, 5) is 37.9. The Morgan fingerprint density at radius 1 is 1.31 bits per heavy atom. The molecule has 0 aliphatic heterocycles. The highest BCUT2D eigenvalue weighted by molar-refractivity contribution is 6.22. The van der Waals surface area contributed by atoms with Crippen molar-refractivity contribution in [1.29, 1.82) is 0 Å². The molecule has 3 aliphatic carbocycles. The van der Waals surface area contributed by atoms with Crippen molar-refractivity contribution < 1.29 is 29.0 Å². The van der Waals surface area contributed by atoms with E-state index in [1.54, 1.807) is 25.2 Å². The third-order valence-corrected chi connectivity index (χ3v) is 5.30. The first-order chi connectivity index (χ1) is 12.1. The summed E-state index contributed by atoms with van der Waals surface area (Å²) < 4.78 is 11.1. The summed E-state index contributed by atoms with van der Waals surface area (Å²) in [7, 11) is 0. The summed E-state index contributed by atoms with van der Waals surface area (Å²) in [6, 6.07) is 0. The summed E-state index contributed by atoms with van der Waals surface area (Å²) in [6.45, 7) is 8.21. The van der Waals surface area contributed by atoms with Crippen LogP contribution < -0.4 is 0 Å². The van der Waals surface area contributed by atoms with Crippen molar-refractivity contribution in [2.24, 2.45) is 11.3 Å². The maximum Gasteiger partial charge on any atom is 0.303 e. The molecule has 0 heterocycles. The number of esters is 1. The van der Waals surface area contributed by atoms with Gasteiger partial charge in [-0.1, -0.05) is 18.2 Å². The normalized spacial score (nSPS) is 36.2. The molecule has 6 heteroatoms.